The quantitative estimate of drug-likeness (QED) is 0.588. The second-order valence-electron chi connectivity index (χ2n) is 6.56. The van der Waals surface area contributed by atoms with E-state index in [-0.39, 0.29) is 5.91 Å². The van der Waals surface area contributed by atoms with E-state index in [0.717, 1.165) is 25.1 Å². The minimum absolute atomic E-state index is 0.131. The van der Waals surface area contributed by atoms with E-state index >= 15 is 0 Å². The molecule has 0 saturated carbocycles. The van der Waals surface area contributed by atoms with Crippen molar-refractivity contribution < 1.29 is 4.79 Å². The molecule has 4 heteroatoms. The molecular formula is C23H25N3O. The molecule has 3 rings (SSSR count). The summed E-state index contributed by atoms with van der Waals surface area (Å²) in [6.07, 6.45) is 3.57. The van der Waals surface area contributed by atoms with E-state index in [0.29, 0.717) is 12.2 Å². The second kappa shape index (κ2) is 9.53. The van der Waals surface area contributed by atoms with Crippen LogP contribution in [0, 0.1) is 6.92 Å². The van der Waals surface area contributed by atoms with Gasteiger partial charge in [0.2, 0.25) is 0 Å². The molecular weight excluding hydrogens is 334 g/mol. The number of carbonyl (C=O) groups is 1. The highest BCUT2D eigenvalue weighted by Crippen LogP contribution is 2.12. The monoisotopic (exact) mass is 359 g/mol. The number of benzene rings is 2. The summed E-state index contributed by atoms with van der Waals surface area (Å²) in [4.78, 5) is 16.5. The Morgan fingerprint density at radius 2 is 1.74 bits per heavy atom. The van der Waals surface area contributed by atoms with Crippen molar-refractivity contribution in [1.82, 2.24) is 10.3 Å². The molecule has 0 aliphatic rings. The predicted molar refractivity (Wildman–Crippen MR) is 110 cm³/mol. The molecule has 1 heterocycles. The van der Waals surface area contributed by atoms with Gasteiger partial charge in [-0.3, -0.25) is 4.79 Å². The van der Waals surface area contributed by atoms with E-state index in [9.17, 15) is 4.79 Å². The van der Waals surface area contributed by atoms with Gasteiger partial charge >= 0.3 is 0 Å². The van der Waals surface area contributed by atoms with Crippen LogP contribution in [-0.2, 0) is 13.0 Å². The zero-order valence-corrected chi connectivity index (χ0v) is 15.6. The van der Waals surface area contributed by atoms with E-state index in [1.807, 2.05) is 36.4 Å². The van der Waals surface area contributed by atoms with Gasteiger partial charge in [0.15, 0.2) is 0 Å². The number of nitrogens with zero attached hydrogens (tertiary/aromatic N) is 1. The largest absolute Gasteiger partial charge is 0.380 e. The van der Waals surface area contributed by atoms with Crippen LogP contribution in [0.15, 0.2) is 72.9 Å². The zero-order valence-electron chi connectivity index (χ0n) is 15.6. The Kier molecular flexibility index (Phi) is 6.58. The highest BCUT2D eigenvalue weighted by molar-refractivity contribution is 5.92. The van der Waals surface area contributed by atoms with Crippen molar-refractivity contribution in [1.29, 1.82) is 0 Å². The number of nitrogens with one attached hydrogen (secondary N) is 2. The van der Waals surface area contributed by atoms with E-state index in [1.165, 1.54) is 16.7 Å². The Morgan fingerprint density at radius 1 is 0.963 bits per heavy atom. The fourth-order valence-corrected chi connectivity index (χ4v) is 2.87. The molecule has 1 aromatic heterocycles. The van der Waals surface area contributed by atoms with Gasteiger partial charge < -0.3 is 10.6 Å². The van der Waals surface area contributed by atoms with Crippen LogP contribution >= 0.6 is 0 Å². The molecule has 0 saturated heterocycles. The van der Waals surface area contributed by atoms with Crippen LogP contribution in [-0.4, -0.2) is 17.4 Å². The molecule has 2 aromatic carbocycles. The summed E-state index contributed by atoms with van der Waals surface area (Å²) in [5.41, 5.74) is 5.13. The number of rotatable bonds is 8. The summed E-state index contributed by atoms with van der Waals surface area (Å²) in [5, 5.41) is 6.28. The average molecular weight is 359 g/mol. The normalized spacial score (nSPS) is 10.4. The minimum Gasteiger partial charge on any atom is -0.380 e. The van der Waals surface area contributed by atoms with Crippen LogP contribution in [0.2, 0.25) is 0 Å². The van der Waals surface area contributed by atoms with E-state index in [2.05, 4.69) is 46.8 Å². The van der Waals surface area contributed by atoms with Crippen molar-refractivity contribution in [2.24, 2.45) is 0 Å². The zero-order chi connectivity index (χ0) is 18.9. The lowest BCUT2D eigenvalue weighted by molar-refractivity contribution is 0.0948. The molecule has 0 radical (unpaired) electrons. The first-order valence-electron chi connectivity index (χ1n) is 9.29. The molecule has 27 heavy (non-hydrogen) atoms. The van der Waals surface area contributed by atoms with Crippen LogP contribution in [0.4, 0.5) is 5.69 Å². The summed E-state index contributed by atoms with van der Waals surface area (Å²) in [5.74, 6) is -0.131. The molecule has 0 bridgehead atoms. The second-order valence-corrected chi connectivity index (χ2v) is 6.56. The number of pyridine rings is 1. The molecule has 0 aliphatic heterocycles. The standard InChI is InChI=1S/C23H25N3O/c1-18-8-5-6-12-20(18)16-25-21-13-14-22(26-17-21)23(27)24-15-7-11-19-9-3-2-4-10-19/h2-6,8-10,12-14,17,25H,7,11,15-16H2,1H3,(H,24,27). The Balaban J connectivity index is 1.43. The lowest BCUT2D eigenvalue weighted by Crippen LogP contribution is -2.25. The maximum atomic E-state index is 12.2. The van der Waals surface area contributed by atoms with Gasteiger partial charge in [0.05, 0.1) is 11.9 Å². The van der Waals surface area contributed by atoms with E-state index < -0.39 is 0 Å². The molecule has 0 unspecified atom stereocenters. The van der Waals surface area contributed by atoms with Gasteiger partial charge in [-0.1, -0.05) is 54.6 Å². The summed E-state index contributed by atoms with van der Waals surface area (Å²) < 4.78 is 0. The lowest BCUT2D eigenvalue weighted by Gasteiger charge is -2.09. The van der Waals surface area contributed by atoms with Crippen LogP contribution < -0.4 is 10.6 Å². The molecule has 0 atom stereocenters. The highest BCUT2D eigenvalue weighted by atomic mass is 16.1. The first-order valence-corrected chi connectivity index (χ1v) is 9.29. The summed E-state index contributed by atoms with van der Waals surface area (Å²) >= 11 is 0. The van der Waals surface area contributed by atoms with Crippen molar-refractivity contribution in [3.05, 3.63) is 95.3 Å². The number of aromatic nitrogens is 1. The Labute approximate surface area is 160 Å². The summed E-state index contributed by atoms with van der Waals surface area (Å²) in [7, 11) is 0. The molecule has 3 aromatic rings. The Morgan fingerprint density at radius 3 is 2.48 bits per heavy atom. The fourth-order valence-electron chi connectivity index (χ4n) is 2.87. The average Bonchev–Trinajstić information content (AvgIpc) is 2.72. The first kappa shape index (κ1) is 18.6. The minimum atomic E-state index is -0.131. The topological polar surface area (TPSA) is 54.0 Å². The third-order valence-corrected chi connectivity index (χ3v) is 4.51. The fraction of sp³-hybridized carbons (Fsp3) is 0.217. The molecule has 2 N–H and O–H groups in total. The molecule has 0 fully saturated rings. The smallest absolute Gasteiger partial charge is 0.269 e. The van der Waals surface area contributed by atoms with Gasteiger partial charge in [-0.2, -0.15) is 0 Å². The van der Waals surface area contributed by atoms with Crippen molar-refractivity contribution >= 4 is 11.6 Å². The van der Waals surface area contributed by atoms with Gasteiger partial charge in [0.1, 0.15) is 5.69 Å². The lowest BCUT2D eigenvalue weighted by atomic mass is 10.1. The summed E-state index contributed by atoms with van der Waals surface area (Å²) in [6.45, 7) is 3.47. The highest BCUT2D eigenvalue weighted by Gasteiger charge is 2.06. The number of hydrogen-bond acceptors (Lipinski definition) is 3. The molecule has 4 nitrogen and oxygen atoms in total. The van der Waals surface area contributed by atoms with Crippen LogP contribution in [0.3, 0.4) is 0 Å². The molecule has 0 spiro atoms. The Hall–Kier alpha value is -3.14. The van der Waals surface area contributed by atoms with E-state index in [4.69, 9.17) is 0 Å². The van der Waals surface area contributed by atoms with Crippen LogP contribution in [0.1, 0.15) is 33.6 Å². The van der Waals surface area contributed by atoms with Gasteiger partial charge in [-0.15, -0.1) is 0 Å². The van der Waals surface area contributed by atoms with Crippen molar-refractivity contribution in [2.75, 3.05) is 11.9 Å². The predicted octanol–water partition coefficient (Wildman–Crippen LogP) is 4.36. The number of amides is 1. The third-order valence-electron chi connectivity index (χ3n) is 4.51. The Bertz CT molecular complexity index is 860. The van der Waals surface area contributed by atoms with Gasteiger partial charge in [-0.25, -0.2) is 4.98 Å². The molecule has 0 aliphatic carbocycles. The summed E-state index contributed by atoms with van der Waals surface area (Å²) in [6, 6.07) is 22.2. The van der Waals surface area contributed by atoms with Crippen molar-refractivity contribution in [2.45, 2.75) is 26.3 Å². The van der Waals surface area contributed by atoms with Crippen LogP contribution in [0.5, 0.6) is 0 Å². The van der Waals surface area contributed by atoms with Crippen LogP contribution in [0.25, 0.3) is 0 Å². The number of carbonyl (C=O) groups excluding carboxylic acids is 1. The van der Waals surface area contributed by atoms with E-state index in [1.54, 1.807) is 12.3 Å². The molecule has 1 amide bonds. The SMILES string of the molecule is Cc1ccccc1CNc1ccc(C(=O)NCCCc2ccccc2)nc1. The maximum Gasteiger partial charge on any atom is 0.269 e. The number of aryl methyl sites for hydroxylation is 2. The number of anilines is 1. The van der Waals surface area contributed by atoms with Crippen molar-refractivity contribution in [3.8, 4) is 0 Å². The maximum absolute atomic E-state index is 12.2. The van der Waals surface area contributed by atoms with Gasteiger partial charge in [-0.05, 0) is 48.6 Å². The van der Waals surface area contributed by atoms with Gasteiger partial charge in [0, 0.05) is 13.1 Å². The third kappa shape index (κ3) is 5.68. The molecule has 138 valence electrons. The van der Waals surface area contributed by atoms with Gasteiger partial charge in [0.25, 0.3) is 5.91 Å². The van der Waals surface area contributed by atoms with Crippen molar-refractivity contribution in [3.63, 3.8) is 0 Å². The first-order chi connectivity index (χ1) is 13.2. The number of hydrogen-bond donors (Lipinski definition) is 2.